The van der Waals surface area contributed by atoms with Crippen LogP contribution in [0, 0.1) is 0 Å². The molecule has 1 aromatic rings. The number of amides is 1. The van der Waals surface area contributed by atoms with Crippen molar-refractivity contribution in [2.24, 2.45) is 0 Å². The van der Waals surface area contributed by atoms with E-state index < -0.39 is 0 Å². The van der Waals surface area contributed by atoms with Crippen LogP contribution < -0.4 is 11.1 Å². The van der Waals surface area contributed by atoms with Gasteiger partial charge in [-0.05, 0) is 28.1 Å². The molecule has 4 heteroatoms. The first-order chi connectivity index (χ1) is 6.66. The number of nitrogen functional groups attached to an aromatic ring is 1. The van der Waals surface area contributed by atoms with Crippen molar-refractivity contribution in [2.45, 2.75) is 0 Å². The van der Waals surface area contributed by atoms with E-state index in [9.17, 15) is 4.79 Å². The molecule has 0 aliphatic carbocycles. The van der Waals surface area contributed by atoms with Crippen molar-refractivity contribution in [3.05, 3.63) is 40.9 Å². The van der Waals surface area contributed by atoms with Gasteiger partial charge in [-0.2, -0.15) is 0 Å². The summed E-state index contributed by atoms with van der Waals surface area (Å²) in [5, 5.41) is 2.66. The first kappa shape index (κ1) is 10.8. The van der Waals surface area contributed by atoms with E-state index in [1.807, 2.05) is 0 Å². The largest absolute Gasteiger partial charge is 0.397 e. The van der Waals surface area contributed by atoms with Crippen LogP contribution in [0.2, 0.25) is 0 Å². The third kappa shape index (κ3) is 2.35. The van der Waals surface area contributed by atoms with Crippen molar-refractivity contribution in [2.75, 3.05) is 12.3 Å². The quantitative estimate of drug-likeness (QED) is 0.640. The fourth-order valence-corrected chi connectivity index (χ4v) is 1.36. The Morgan fingerprint density at radius 1 is 1.64 bits per heavy atom. The second-order valence-electron chi connectivity index (χ2n) is 2.70. The Bertz CT molecular complexity index is 363. The molecule has 0 heterocycles. The van der Waals surface area contributed by atoms with Crippen molar-refractivity contribution in [3.8, 4) is 0 Å². The van der Waals surface area contributed by atoms with Gasteiger partial charge in [-0.15, -0.1) is 6.58 Å². The SMILES string of the molecule is C=CCNC(=O)c1cccc(Br)c1N. The molecule has 0 aliphatic rings. The van der Waals surface area contributed by atoms with Gasteiger partial charge in [0.25, 0.3) is 5.91 Å². The number of hydrogen-bond acceptors (Lipinski definition) is 2. The molecule has 3 N–H and O–H groups in total. The van der Waals surface area contributed by atoms with Crippen molar-refractivity contribution < 1.29 is 4.79 Å². The van der Waals surface area contributed by atoms with Crippen LogP contribution in [0.4, 0.5) is 5.69 Å². The molecule has 0 fully saturated rings. The highest BCUT2D eigenvalue weighted by Crippen LogP contribution is 2.22. The van der Waals surface area contributed by atoms with Gasteiger partial charge in [0.15, 0.2) is 0 Å². The Hall–Kier alpha value is -1.29. The molecule has 0 bridgehead atoms. The number of carbonyl (C=O) groups excluding carboxylic acids is 1. The van der Waals surface area contributed by atoms with Gasteiger partial charge in [0.2, 0.25) is 0 Å². The van der Waals surface area contributed by atoms with Crippen molar-refractivity contribution in [1.82, 2.24) is 5.32 Å². The minimum absolute atomic E-state index is 0.191. The molecule has 0 aliphatic heterocycles. The van der Waals surface area contributed by atoms with Gasteiger partial charge >= 0.3 is 0 Å². The highest BCUT2D eigenvalue weighted by atomic mass is 79.9. The number of benzene rings is 1. The maximum atomic E-state index is 11.5. The molecule has 74 valence electrons. The van der Waals surface area contributed by atoms with E-state index in [0.717, 1.165) is 4.47 Å². The summed E-state index contributed by atoms with van der Waals surface area (Å²) in [5.41, 5.74) is 6.65. The minimum atomic E-state index is -0.191. The van der Waals surface area contributed by atoms with Crippen LogP contribution in [0.25, 0.3) is 0 Å². The zero-order valence-electron chi connectivity index (χ0n) is 7.59. The number of anilines is 1. The fraction of sp³-hybridized carbons (Fsp3) is 0.100. The average Bonchev–Trinajstić information content (AvgIpc) is 2.18. The Balaban J connectivity index is 2.89. The maximum absolute atomic E-state index is 11.5. The minimum Gasteiger partial charge on any atom is -0.397 e. The van der Waals surface area contributed by atoms with Crippen LogP contribution in [0.15, 0.2) is 35.3 Å². The highest BCUT2D eigenvalue weighted by Gasteiger charge is 2.09. The second-order valence-corrected chi connectivity index (χ2v) is 3.55. The smallest absolute Gasteiger partial charge is 0.253 e. The molecule has 0 aromatic heterocycles. The van der Waals surface area contributed by atoms with E-state index in [1.165, 1.54) is 0 Å². The average molecular weight is 255 g/mol. The monoisotopic (exact) mass is 254 g/mol. The number of halogens is 1. The lowest BCUT2D eigenvalue weighted by Gasteiger charge is -2.06. The highest BCUT2D eigenvalue weighted by molar-refractivity contribution is 9.10. The second kappa shape index (κ2) is 4.81. The lowest BCUT2D eigenvalue weighted by atomic mass is 10.1. The molecule has 0 saturated carbocycles. The first-order valence-electron chi connectivity index (χ1n) is 4.10. The van der Waals surface area contributed by atoms with Crippen LogP contribution in [0.1, 0.15) is 10.4 Å². The standard InChI is InChI=1S/C10H11BrN2O/c1-2-6-13-10(14)7-4-3-5-8(11)9(7)12/h2-5H,1,6,12H2,(H,13,14). The van der Waals surface area contributed by atoms with Gasteiger partial charge in [-0.3, -0.25) is 4.79 Å². The lowest BCUT2D eigenvalue weighted by Crippen LogP contribution is -2.24. The van der Waals surface area contributed by atoms with Crippen LogP contribution in [-0.4, -0.2) is 12.5 Å². The van der Waals surface area contributed by atoms with Gasteiger partial charge in [0.05, 0.1) is 11.3 Å². The Labute approximate surface area is 91.1 Å². The summed E-state index contributed by atoms with van der Waals surface area (Å²) in [6.07, 6.45) is 1.62. The van der Waals surface area contributed by atoms with Gasteiger partial charge in [-0.25, -0.2) is 0 Å². The summed E-state index contributed by atoms with van der Waals surface area (Å²) in [6, 6.07) is 5.24. The molecule has 0 spiro atoms. The number of para-hydroxylation sites is 1. The third-order valence-corrected chi connectivity index (χ3v) is 2.40. The lowest BCUT2D eigenvalue weighted by molar-refractivity contribution is 0.0959. The normalized spacial score (nSPS) is 9.50. The molecule has 3 nitrogen and oxygen atoms in total. The molecular formula is C10H11BrN2O. The molecule has 14 heavy (non-hydrogen) atoms. The number of rotatable bonds is 3. The summed E-state index contributed by atoms with van der Waals surface area (Å²) in [5.74, 6) is -0.191. The summed E-state index contributed by atoms with van der Waals surface area (Å²) in [6.45, 7) is 3.95. The van der Waals surface area contributed by atoms with Gasteiger partial charge in [0.1, 0.15) is 0 Å². The van der Waals surface area contributed by atoms with Crippen LogP contribution in [0.5, 0.6) is 0 Å². The van der Waals surface area contributed by atoms with Crippen LogP contribution >= 0.6 is 15.9 Å². The summed E-state index contributed by atoms with van der Waals surface area (Å²) in [7, 11) is 0. The van der Waals surface area contributed by atoms with E-state index in [-0.39, 0.29) is 5.91 Å². The van der Waals surface area contributed by atoms with E-state index in [2.05, 4.69) is 27.8 Å². The molecular weight excluding hydrogens is 244 g/mol. The molecule has 0 radical (unpaired) electrons. The molecule has 1 aromatic carbocycles. The van der Waals surface area contributed by atoms with Gasteiger partial charge < -0.3 is 11.1 Å². The van der Waals surface area contributed by atoms with E-state index in [4.69, 9.17) is 5.73 Å². The maximum Gasteiger partial charge on any atom is 0.253 e. The van der Waals surface area contributed by atoms with E-state index >= 15 is 0 Å². The number of nitrogens with one attached hydrogen (secondary N) is 1. The van der Waals surface area contributed by atoms with Crippen LogP contribution in [0.3, 0.4) is 0 Å². The molecule has 0 saturated heterocycles. The number of nitrogens with two attached hydrogens (primary N) is 1. The van der Waals surface area contributed by atoms with Crippen molar-refractivity contribution >= 4 is 27.5 Å². The van der Waals surface area contributed by atoms with Crippen molar-refractivity contribution in [3.63, 3.8) is 0 Å². The molecule has 1 rings (SSSR count). The molecule has 0 unspecified atom stereocenters. The zero-order valence-corrected chi connectivity index (χ0v) is 9.17. The Kier molecular flexibility index (Phi) is 3.71. The van der Waals surface area contributed by atoms with E-state index in [0.29, 0.717) is 17.8 Å². The topological polar surface area (TPSA) is 55.1 Å². The van der Waals surface area contributed by atoms with Gasteiger partial charge in [0, 0.05) is 11.0 Å². The first-order valence-corrected chi connectivity index (χ1v) is 4.89. The number of carbonyl (C=O) groups is 1. The predicted octanol–water partition coefficient (Wildman–Crippen LogP) is 1.95. The van der Waals surface area contributed by atoms with Crippen LogP contribution in [-0.2, 0) is 0 Å². The summed E-state index contributed by atoms with van der Waals surface area (Å²) >= 11 is 3.26. The molecule has 1 amide bonds. The van der Waals surface area contributed by atoms with E-state index in [1.54, 1.807) is 24.3 Å². The predicted molar refractivity (Wildman–Crippen MR) is 61.1 cm³/mol. The number of hydrogen-bond donors (Lipinski definition) is 2. The Morgan fingerprint density at radius 2 is 2.36 bits per heavy atom. The summed E-state index contributed by atoms with van der Waals surface area (Å²) in [4.78, 5) is 11.5. The third-order valence-electron chi connectivity index (χ3n) is 1.70. The molecule has 0 atom stereocenters. The zero-order chi connectivity index (χ0) is 10.6. The van der Waals surface area contributed by atoms with Gasteiger partial charge in [-0.1, -0.05) is 12.1 Å². The van der Waals surface area contributed by atoms with Crippen molar-refractivity contribution in [1.29, 1.82) is 0 Å². The summed E-state index contributed by atoms with van der Waals surface area (Å²) < 4.78 is 0.726. The fourth-order valence-electron chi connectivity index (χ4n) is 0.995. The Morgan fingerprint density at radius 3 is 3.00 bits per heavy atom.